The van der Waals surface area contributed by atoms with E-state index < -0.39 is 11.6 Å². The van der Waals surface area contributed by atoms with Gasteiger partial charge < -0.3 is 0 Å². The fraction of sp³-hybridized carbons (Fsp3) is 0.444. The van der Waals surface area contributed by atoms with Gasteiger partial charge in [-0.2, -0.15) is 0 Å². The lowest BCUT2D eigenvalue weighted by Crippen LogP contribution is -2.16. The molecule has 0 bridgehead atoms. The maximum Gasteiger partial charge on any atom is 0.271 e. The zero-order valence-corrected chi connectivity index (χ0v) is 14.7. The molecule has 25 heavy (non-hydrogen) atoms. The van der Waals surface area contributed by atoms with Crippen molar-refractivity contribution in [3.63, 3.8) is 0 Å². The molecule has 7 heteroatoms. The lowest BCUT2D eigenvalue weighted by molar-refractivity contribution is 0.331. The van der Waals surface area contributed by atoms with Crippen LogP contribution in [-0.2, 0) is 0 Å². The van der Waals surface area contributed by atoms with Crippen molar-refractivity contribution in [3.05, 3.63) is 51.3 Å². The molecule has 1 aliphatic heterocycles. The van der Waals surface area contributed by atoms with Gasteiger partial charge in [-0.1, -0.05) is 37.1 Å². The number of aromatic amines is 1. The summed E-state index contributed by atoms with van der Waals surface area (Å²) >= 11 is 1.40. The number of aliphatic imine (C=N–C) groups is 1. The van der Waals surface area contributed by atoms with Crippen molar-refractivity contribution >= 4 is 22.6 Å². The van der Waals surface area contributed by atoms with Gasteiger partial charge in [0.15, 0.2) is 17.5 Å². The molecule has 1 N–H and O–H groups in total. The minimum Gasteiger partial charge on any atom is -0.268 e. The Hall–Kier alpha value is -1.89. The molecule has 0 spiro atoms. The highest BCUT2D eigenvalue weighted by Crippen LogP contribution is 2.45. The van der Waals surface area contributed by atoms with E-state index >= 15 is 0 Å². The number of rotatable bonds is 2. The van der Waals surface area contributed by atoms with E-state index in [9.17, 15) is 13.6 Å². The fourth-order valence-electron chi connectivity index (χ4n) is 3.72. The average molecular weight is 363 g/mol. The Labute approximate surface area is 148 Å². The van der Waals surface area contributed by atoms with Crippen molar-refractivity contribution in [1.82, 2.24) is 9.78 Å². The molecule has 2 aliphatic rings. The summed E-state index contributed by atoms with van der Waals surface area (Å²) in [5.74, 6) is -1.14. The highest BCUT2D eigenvalue weighted by Gasteiger charge is 2.32. The van der Waals surface area contributed by atoms with E-state index in [1.165, 1.54) is 30.3 Å². The normalized spacial score (nSPS) is 21.1. The topological polar surface area (TPSA) is 50.1 Å². The number of fused-ring (bicyclic) bond motifs is 1. The molecule has 1 aromatic carbocycles. The van der Waals surface area contributed by atoms with E-state index in [1.54, 1.807) is 0 Å². The van der Waals surface area contributed by atoms with Crippen LogP contribution in [0.3, 0.4) is 0 Å². The van der Waals surface area contributed by atoms with Gasteiger partial charge in [-0.05, 0) is 37.5 Å². The molecule has 1 saturated carbocycles. The number of halogens is 2. The van der Waals surface area contributed by atoms with Crippen LogP contribution in [0.5, 0.6) is 0 Å². The first-order chi connectivity index (χ1) is 12.0. The Morgan fingerprint density at radius 3 is 2.68 bits per heavy atom. The average Bonchev–Trinajstić information content (AvgIpc) is 2.94. The van der Waals surface area contributed by atoms with Gasteiger partial charge >= 0.3 is 0 Å². The quantitative estimate of drug-likeness (QED) is 0.829. The monoisotopic (exact) mass is 363 g/mol. The zero-order chi connectivity index (χ0) is 17.6. The summed E-state index contributed by atoms with van der Waals surface area (Å²) in [6, 6.07) is 4.07. The maximum atomic E-state index is 13.7. The number of nitrogens with zero attached hydrogens (tertiary/aromatic N) is 2. The number of H-pyrrole nitrogens is 1. The van der Waals surface area contributed by atoms with Gasteiger partial charge in [0.1, 0.15) is 0 Å². The first kappa shape index (κ1) is 16.6. The standard InChI is InChI=1S/C18H19F2N3OS/c1-10-21-17-15(16(25-10)11-7-8-13(19)14(20)9-11)18(24)22-23(17)12-5-3-2-4-6-12/h7-9,12,16H,2-6H2,1H3,(H,22,24)/t16-/m0/s1. The van der Waals surface area contributed by atoms with Crippen molar-refractivity contribution in [2.45, 2.75) is 50.3 Å². The van der Waals surface area contributed by atoms with E-state index in [0.29, 0.717) is 16.9 Å². The van der Waals surface area contributed by atoms with Crippen LogP contribution in [0.4, 0.5) is 14.6 Å². The summed E-state index contributed by atoms with van der Waals surface area (Å²) in [7, 11) is 0. The minimum absolute atomic E-state index is 0.195. The number of hydrogen-bond donors (Lipinski definition) is 1. The molecule has 0 radical (unpaired) electrons. The molecule has 0 saturated heterocycles. The van der Waals surface area contributed by atoms with Crippen molar-refractivity contribution in [1.29, 1.82) is 0 Å². The summed E-state index contributed by atoms with van der Waals surface area (Å²) in [5.41, 5.74) is 0.914. The predicted molar refractivity (Wildman–Crippen MR) is 95.7 cm³/mol. The second-order valence-electron chi connectivity index (χ2n) is 6.64. The third-order valence-corrected chi connectivity index (χ3v) is 6.11. The van der Waals surface area contributed by atoms with Crippen LogP contribution in [0.15, 0.2) is 28.0 Å². The molecule has 2 aromatic rings. The van der Waals surface area contributed by atoms with Crippen LogP contribution >= 0.6 is 11.8 Å². The maximum absolute atomic E-state index is 13.7. The molecular weight excluding hydrogens is 344 g/mol. The predicted octanol–water partition coefficient (Wildman–Crippen LogP) is 4.85. The first-order valence-electron chi connectivity index (χ1n) is 8.56. The molecule has 132 valence electrons. The Bertz CT molecular complexity index is 896. The molecule has 2 heterocycles. The number of nitrogens with one attached hydrogen (secondary N) is 1. The first-order valence-corrected chi connectivity index (χ1v) is 9.44. The molecule has 1 aromatic heterocycles. The van der Waals surface area contributed by atoms with Crippen LogP contribution in [0.1, 0.15) is 61.4 Å². The Balaban J connectivity index is 1.82. The van der Waals surface area contributed by atoms with Gasteiger partial charge in [0.05, 0.1) is 21.9 Å². The zero-order valence-electron chi connectivity index (χ0n) is 13.9. The van der Waals surface area contributed by atoms with Gasteiger partial charge in [0.25, 0.3) is 5.56 Å². The Kier molecular flexibility index (Phi) is 4.27. The van der Waals surface area contributed by atoms with E-state index in [2.05, 4.69) is 10.1 Å². The van der Waals surface area contributed by atoms with Gasteiger partial charge in [0.2, 0.25) is 0 Å². The molecule has 4 rings (SSSR count). The Morgan fingerprint density at radius 2 is 1.96 bits per heavy atom. The summed E-state index contributed by atoms with van der Waals surface area (Å²) in [6.45, 7) is 1.88. The molecule has 4 nitrogen and oxygen atoms in total. The van der Waals surface area contributed by atoms with E-state index in [4.69, 9.17) is 0 Å². The van der Waals surface area contributed by atoms with Gasteiger partial charge in [0, 0.05) is 0 Å². The van der Waals surface area contributed by atoms with Crippen LogP contribution in [-0.4, -0.2) is 14.8 Å². The second kappa shape index (κ2) is 6.44. The summed E-state index contributed by atoms with van der Waals surface area (Å²) < 4.78 is 28.9. The van der Waals surface area contributed by atoms with Crippen LogP contribution in [0, 0.1) is 11.6 Å². The molecule has 0 amide bonds. The number of hydrogen-bond acceptors (Lipinski definition) is 3. The SMILES string of the molecule is CC1=Nc2c(c(=O)[nH]n2C2CCCCC2)[C@H](c2ccc(F)c(F)c2)S1. The largest absolute Gasteiger partial charge is 0.271 e. The fourth-order valence-corrected chi connectivity index (χ4v) is 4.82. The lowest BCUT2D eigenvalue weighted by Gasteiger charge is -2.26. The summed E-state index contributed by atoms with van der Waals surface area (Å²) in [4.78, 5) is 17.2. The highest BCUT2D eigenvalue weighted by molar-refractivity contribution is 8.14. The smallest absolute Gasteiger partial charge is 0.268 e. The number of thioether (sulfide) groups is 1. The number of benzene rings is 1. The van der Waals surface area contributed by atoms with Crippen molar-refractivity contribution in [2.75, 3.05) is 0 Å². The minimum atomic E-state index is -0.900. The molecular formula is C18H19F2N3OS. The molecule has 0 unspecified atom stereocenters. The van der Waals surface area contributed by atoms with E-state index in [0.717, 1.165) is 36.8 Å². The Morgan fingerprint density at radius 1 is 1.20 bits per heavy atom. The highest BCUT2D eigenvalue weighted by atomic mass is 32.2. The third-order valence-electron chi connectivity index (χ3n) is 4.94. The van der Waals surface area contributed by atoms with Gasteiger partial charge in [-0.25, -0.2) is 13.8 Å². The van der Waals surface area contributed by atoms with Gasteiger partial charge in [-0.3, -0.25) is 14.6 Å². The third kappa shape index (κ3) is 2.94. The van der Waals surface area contributed by atoms with Crippen LogP contribution < -0.4 is 5.56 Å². The molecule has 1 atom stereocenters. The van der Waals surface area contributed by atoms with Crippen LogP contribution in [0.2, 0.25) is 0 Å². The van der Waals surface area contributed by atoms with Gasteiger partial charge in [-0.15, -0.1) is 0 Å². The summed E-state index contributed by atoms with van der Waals surface area (Å²) in [5, 5.41) is 3.38. The number of aromatic nitrogens is 2. The van der Waals surface area contributed by atoms with E-state index in [1.807, 2.05) is 11.6 Å². The van der Waals surface area contributed by atoms with Crippen molar-refractivity contribution in [3.8, 4) is 0 Å². The lowest BCUT2D eigenvalue weighted by atomic mass is 9.95. The van der Waals surface area contributed by atoms with Crippen molar-refractivity contribution < 1.29 is 8.78 Å². The van der Waals surface area contributed by atoms with Crippen molar-refractivity contribution in [2.24, 2.45) is 4.99 Å². The summed E-state index contributed by atoms with van der Waals surface area (Å²) in [6.07, 6.45) is 5.55. The molecule has 1 fully saturated rings. The molecule has 1 aliphatic carbocycles. The van der Waals surface area contributed by atoms with E-state index in [-0.39, 0.29) is 16.9 Å². The van der Waals surface area contributed by atoms with Crippen LogP contribution in [0.25, 0.3) is 0 Å². The second-order valence-corrected chi connectivity index (χ2v) is 7.94.